The zero-order valence-corrected chi connectivity index (χ0v) is 14.1. The van der Waals surface area contributed by atoms with Gasteiger partial charge in [-0.2, -0.15) is 5.26 Å². The second-order valence-electron chi connectivity index (χ2n) is 5.46. The molecule has 1 aliphatic heterocycles. The molecule has 0 bridgehead atoms. The van der Waals surface area contributed by atoms with Crippen molar-refractivity contribution in [3.63, 3.8) is 0 Å². The summed E-state index contributed by atoms with van der Waals surface area (Å²) in [7, 11) is 0. The number of thiazole rings is 1. The van der Waals surface area contributed by atoms with Gasteiger partial charge in [0.2, 0.25) is 0 Å². The van der Waals surface area contributed by atoms with Crippen LogP contribution in [-0.2, 0) is 0 Å². The van der Waals surface area contributed by atoms with Crippen LogP contribution in [0.5, 0.6) is 0 Å². The molecule has 0 saturated carbocycles. The Morgan fingerprint density at radius 3 is 2.65 bits per heavy atom. The van der Waals surface area contributed by atoms with Crippen LogP contribution in [0, 0.1) is 11.3 Å². The summed E-state index contributed by atoms with van der Waals surface area (Å²) in [5.74, 6) is 0.103. The number of benzene rings is 1. The molecule has 118 valence electrons. The normalized spacial score (nSPS) is 16.2. The molecule has 0 spiro atoms. The Labute approximate surface area is 144 Å². The number of aromatic nitrogens is 1. The van der Waals surface area contributed by atoms with E-state index >= 15 is 0 Å². The topological polar surface area (TPSA) is 60.1 Å². The molecular formula is C17H16ClN3OS. The van der Waals surface area contributed by atoms with Gasteiger partial charge in [0.1, 0.15) is 22.4 Å². The third-order valence-corrected chi connectivity index (χ3v) is 4.94. The van der Waals surface area contributed by atoms with Crippen LogP contribution in [0.25, 0.3) is 16.8 Å². The maximum atomic E-state index is 10.3. The molecule has 2 heterocycles. The highest BCUT2D eigenvalue weighted by molar-refractivity contribution is 7.11. The fourth-order valence-corrected chi connectivity index (χ4v) is 3.58. The fourth-order valence-electron chi connectivity index (χ4n) is 2.61. The SMILES string of the molecule is N#C/C(=C(/O)CN1CCCC1)c1nc(-c2ccc(Cl)cc2)cs1. The van der Waals surface area contributed by atoms with Gasteiger partial charge >= 0.3 is 0 Å². The number of nitriles is 1. The van der Waals surface area contributed by atoms with Crippen LogP contribution in [-0.4, -0.2) is 34.6 Å². The lowest BCUT2D eigenvalue weighted by Crippen LogP contribution is -2.22. The Bertz CT molecular complexity index is 755. The lowest BCUT2D eigenvalue weighted by molar-refractivity contribution is 0.293. The van der Waals surface area contributed by atoms with Crippen LogP contribution in [0.2, 0.25) is 5.02 Å². The van der Waals surface area contributed by atoms with Gasteiger partial charge in [0.15, 0.2) is 0 Å². The second-order valence-corrected chi connectivity index (χ2v) is 6.76. The van der Waals surface area contributed by atoms with Gasteiger partial charge in [0.25, 0.3) is 0 Å². The molecular weight excluding hydrogens is 330 g/mol. The van der Waals surface area contributed by atoms with E-state index in [0.29, 0.717) is 16.6 Å². The van der Waals surface area contributed by atoms with Crippen LogP contribution in [0.3, 0.4) is 0 Å². The van der Waals surface area contributed by atoms with Crippen molar-refractivity contribution in [1.29, 1.82) is 5.26 Å². The Kier molecular flexibility index (Phi) is 4.97. The zero-order chi connectivity index (χ0) is 16.2. The van der Waals surface area contributed by atoms with Gasteiger partial charge in [0.05, 0.1) is 12.2 Å². The summed E-state index contributed by atoms with van der Waals surface area (Å²) in [5, 5.41) is 22.8. The Hall–Kier alpha value is -1.87. The third kappa shape index (κ3) is 3.73. The maximum Gasteiger partial charge on any atom is 0.138 e. The number of nitrogens with zero attached hydrogens (tertiary/aromatic N) is 3. The average Bonchev–Trinajstić information content (AvgIpc) is 3.21. The minimum absolute atomic E-state index is 0.103. The first-order valence-electron chi connectivity index (χ1n) is 7.44. The predicted molar refractivity (Wildman–Crippen MR) is 93.4 cm³/mol. The van der Waals surface area contributed by atoms with Crippen molar-refractivity contribution >= 4 is 28.5 Å². The lowest BCUT2D eigenvalue weighted by atomic mass is 10.2. The van der Waals surface area contributed by atoms with Crippen molar-refractivity contribution in [2.45, 2.75) is 12.8 Å². The summed E-state index contributed by atoms with van der Waals surface area (Å²) in [5.41, 5.74) is 1.98. The van der Waals surface area contributed by atoms with E-state index in [1.165, 1.54) is 11.3 Å². The van der Waals surface area contributed by atoms with Gasteiger partial charge in [-0.05, 0) is 38.1 Å². The molecule has 6 heteroatoms. The number of likely N-dealkylation sites (tertiary alicyclic amines) is 1. The molecule has 1 aliphatic rings. The molecule has 0 atom stereocenters. The first kappa shape index (κ1) is 16.0. The number of rotatable bonds is 4. The van der Waals surface area contributed by atoms with E-state index in [2.05, 4.69) is 16.0 Å². The minimum atomic E-state index is 0.103. The maximum absolute atomic E-state index is 10.3. The monoisotopic (exact) mass is 345 g/mol. The Morgan fingerprint density at radius 1 is 1.30 bits per heavy atom. The third-order valence-electron chi connectivity index (χ3n) is 3.83. The number of halogens is 1. The molecule has 2 aromatic rings. The van der Waals surface area contributed by atoms with Crippen molar-refractivity contribution in [3.05, 3.63) is 45.4 Å². The highest BCUT2D eigenvalue weighted by Gasteiger charge is 2.18. The zero-order valence-electron chi connectivity index (χ0n) is 12.5. The van der Waals surface area contributed by atoms with Crippen molar-refractivity contribution in [2.24, 2.45) is 0 Å². The predicted octanol–water partition coefficient (Wildman–Crippen LogP) is 4.35. The van der Waals surface area contributed by atoms with Crippen LogP contribution < -0.4 is 0 Å². The molecule has 1 N–H and O–H groups in total. The Morgan fingerprint density at radius 2 is 2.00 bits per heavy atom. The van der Waals surface area contributed by atoms with Gasteiger partial charge < -0.3 is 5.11 Å². The van der Waals surface area contributed by atoms with Crippen molar-refractivity contribution in [2.75, 3.05) is 19.6 Å². The first-order chi connectivity index (χ1) is 11.2. The van der Waals surface area contributed by atoms with Crippen molar-refractivity contribution in [3.8, 4) is 17.3 Å². The van der Waals surface area contributed by atoms with E-state index in [-0.39, 0.29) is 11.3 Å². The van der Waals surface area contributed by atoms with Crippen LogP contribution in [0.1, 0.15) is 17.8 Å². The molecule has 0 radical (unpaired) electrons. The summed E-state index contributed by atoms with van der Waals surface area (Å²) in [6, 6.07) is 9.49. The average molecular weight is 346 g/mol. The van der Waals surface area contributed by atoms with Crippen LogP contribution >= 0.6 is 22.9 Å². The fraction of sp³-hybridized carbons (Fsp3) is 0.294. The van der Waals surface area contributed by atoms with E-state index < -0.39 is 0 Å². The molecule has 0 amide bonds. The van der Waals surface area contributed by atoms with Gasteiger partial charge in [0, 0.05) is 16.0 Å². The van der Waals surface area contributed by atoms with Gasteiger partial charge in [-0.15, -0.1) is 11.3 Å². The summed E-state index contributed by atoms with van der Waals surface area (Å²) < 4.78 is 0. The lowest BCUT2D eigenvalue weighted by Gasteiger charge is -2.14. The number of aliphatic hydroxyl groups excluding tert-OH is 1. The summed E-state index contributed by atoms with van der Waals surface area (Å²) in [6.45, 7) is 2.35. The highest BCUT2D eigenvalue weighted by atomic mass is 35.5. The van der Waals surface area contributed by atoms with E-state index in [4.69, 9.17) is 11.6 Å². The van der Waals surface area contributed by atoms with Crippen molar-refractivity contribution in [1.82, 2.24) is 9.88 Å². The molecule has 1 fully saturated rings. The molecule has 1 aromatic heterocycles. The summed E-state index contributed by atoms with van der Waals surface area (Å²) >= 11 is 7.26. The number of hydrogen-bond donors (Lipinski definition) is 1. The van der Waals surface area contributed by atoms with E-state index in [1.54, 1.807) is 0 Å². The molecule has 1 aromatic carbocycles. The number of hydrogen-bond acceptors (Lipinski definition) is 5. The smallest absolute Gasteiger partial charge is 0.138 e. The van der Waals surface area contributed by atoms with Crippen LogP contribution in [0.15, 0.2) is 35.4 Å². The summed E-state index contributed by atoms with van der Waals surface area (Å²) in [4.78, 5) is 6.65. The van der Waals surface area contributed by atoms with Crippen LogP contribution in [0.4, 0.5) is 0 Å². The molecule has 4 nitrogen and oxygen atoms in total. The number of aliphatic hydroxyl groups is 1. The minimum Gasteiger partial charge on any atom is -0.509 e. The van der Waals surface area contributed by atoms with Gasteiger partial charge in [-0.25, -0.2) is 4.98 Å². The molecule has 0 aliphatic carbocycles. The van der Waals surface area contributed by atoms with Gasteiger partial charge in [-0.1, -0.05) is 23.7 Å². The first-order valence-corrected chi connectivity index (χ1v) is 8.69. The van der Waals surface area contributed by atoms with Gasteiger partial charge in [-0.3, -0.25) is 4.90 Å². The molecule has 1 saturated heterocycles. The highest BCUT2D eigenvalue weighted by Crippen LogP contribution is 2.28. The summed E-state index contributed by atoms with van der Waals surface area (Å²) in [6.07, 6.45) is 2.29. The van der Waals surface area contributed by atoms with Crippen molar-refractivity contribution < 1.29 is 5.11 Å². The second kappa shape index (κ2) is 7.14. The largest absolute Gasteiger partial charge is 0.509 e. The van der Waals surface area contributed by atoms with E-state index in [0.717, 1.165) is 37.2 Å². The Balaban J connectivity index is 1.84. The quantitative estimate of drug-likeness (QED) is 0.661. The standard InChI is InChI=1S/C17H16ClN3OS/c18-13-5-3-12(4-6-13)15-11-23-17(20-15)14(9-19)16(22)10-21-7-1-2-8-21/h3-6,11,22H,1-2,7-8,10H2/b16-14-. The molecule has 0 unspecified atom stereocenters. The molecule has 23 heavy (non-hydrogen) atoms. The van der Waals surface area contributed by atoms with E-state index in [9.17, 15) is 10.4 Å². The van der Waals surface area contributed by atoms with E-state index in [1.807, 2.05) is 29.6 Å². The molecule has 3 rings (SSSR count). The number of allylic oxidation sites excluding steroid dienone is 1.